The van der Waals surface area contributed by atoms with Crippen LogP contribution in [0.15, 0.2) is 0 Å². The molecular weight excluding hydrogens is 210 g/mol. The van der Waals surface area contributed by atoms with Crippen molar-refractivity contribution in [3.05, 3.63) is 0 Å². The first kappa shape index (κ1) is 13.3. The quantitative estimate of drug-likeness (QED) is 0.804. The number of likely N-dealkylation sites (tertiary alicyclic amines) is 2. The van der Waals surface area contributed by atoms with Crippen LogP contribution in [0.1, 0.15) is 34.6 Å². The van der Waals surface area contributed by atoms with E-state index in [0.717, 1.165) is 6.67 Å². The summed E-state index contributed by atoms with van der Waals surface area (Å²) in [6, 6.07) is 0.602. The van der Waals surface area contributed by atoms with E-state index in [-0.39, 0.29) is 0 Å². The molecule has 2 fully saturated rings. The predicted octanol–water partition coefficient (Wildman–Crippen LogP) is 1.61. The average Bonchev–Trinajstić information content (AvgIpc) is 2.02. The minimum absolute atomic E-state index is 0.449. The van der Waals surface area contributed by atoms with Crippen molar-refractivity contribution < 1.29 is 0 Å². The molecule has 0 unspecified atom stereocenters. The molecule has 2 aliphatic rings. The van der Waals surface area contributed by atoms with Crippen LogP contribution in [0.2, 0.25) is 0 Å². The summed E-state index contributed by atoms with van der Waals surface area (Å²) in [5.41, 5.74) is 1.11. The molecule has 0 aliphatic carbocycles. The molecule has 2 heterocycles. The Hall–Kier alpha value is -0.120. The number of nitrogens with zero attached hydrogens (tertiary/aromatic N) is 2. The van der Waals surface area contributed by atoms with Crippen LogP contribution in [0, 0.1) is 10.8 Å². The lowest BCUT2D eigenvalue weighted by atomic mass is 9.72. The van der Waals surface area contributed by atoms with Crippen LogP contribution in [0.4, 0.5) is 0 Å². The molecule has 0 aromatic carbocycles. The van der Waals surface area contributed by atoms with Gasteiger partial charge in [-0.3, -0.25) is 4.90 Å². The Bertz CT molecular complexity index is 253. The van der Waals surface area contributed by atoms with E-state index in [1.165, 1.54) is 32.7 Å². The van der Waals surface area contributed by atoms with Crippen molar-refractivity contribution in [1.82, 2.24) is 15.1 Å². The van der Waals surface area contributed by atoms with Gasteiger partial charge in [0.2, 0.25) is 0 Å². The van der Waals surface area contributed by atoms with Gasteiger partial charge < -0.3 is 10.2 Å². The third-order valence-electron chi connectivity index (χ3n) is 3.66. The van der Waals surface area contributed by atoms with Crippen molar-refractivity contribution in [2.45, 2.75) is 40.7 Å². The van der Waals surface area contributed by atoms with Gasteiger partial charge >= 0.3 is 0 Å². The molecule has 0 aromatic heterocycles. The van der Waals surface area contributed by atoms with Crippen molar-refractivity contribution in [3.63, 3.8) is 0 Å². The first-order valence-corrected chi connectivity index (χ1v) is 6.96. The molecule has 1 N–H and O–H groups in total. The Morgan fingerprint density at radius 1 is 1.06 bits per heavy atom. The van der Waals surface area contributed by atoms with Crippen LogP contribution in [0.25, 0.3) is 0 Å². The monoisotopic (exact) mass is 239 g/mol. The topological polar surface area (TPSA) is 18.5 Å². The zero-order valence-corrected chi connectivity index (χ0v) is 12.2. The average molecular weight is 239 g/mol. The highest BCUT2D eigenvalue weighted by Crippen LogP contribution is 2.40. The van der Waals surface area contributed by atoms with Gasteiger partial charge in [0, 0.05) is 50.8 Å². The predicted molar refractivity (Wildman–Crippen MR) is 73.0 cm³/mol. The van der Waals surface area contributed by atoms with E-state index >= 15 is 0 Å². The maximum absolute atomic E-state index is 3.50. The van der Waals surface area contributed by atoms with E-state index in [2.05, 4.69) is 49.7 Å². The van der Waals surface area contributed by atoms with Gasteiger partial charge in [-0.2, -0.15) is 0 Å². The summed E-state index contributed by atoms with van der Waals surface area (Å²) in [5, 5.41) is 3.50. The van der Waals surface area contributed by atoms with Crippen molar-refractivity contribution in [1.29, 1.82) is 0 Å². The first-order chi connectivity index (χ1) is 7.78. The lowest BCUT2D eigenvalue weighted by Gasteiger charge is -2.61. The third-order valence-corrected chi connectivity index (χ3v) is 3.66. The number of hydrogen-bond donors (Lipinski definition) is 1. The normalized spacial score (nSPS) is 25.1. The molecule has 0 radical (unpaired) electrons. The summed E-state index contributed by atoms with van der Waals surface area (Å²) in [4.78, 5) is 5.15. The highest BCUT2D eigenvalue weighted by atomic mass is 15.3. The second-order valence-corrected chi connectivity index (χ2v) is 7.71. The minimum atomic E-state index is 0.449. The van der Waals surface area contributed by atoms with E-state index in [9.17, 15) is 0 Å². The standard InChI is InChI=1S/C14H29N3/c1-12(2)15-11-17-9-14(10-17)7-16(8-14)6-13(3,4)5/h12,15H,6-11H2,1-5H3. The smallest absolute Gasteiger partial charge is 0.0482 e. The van der Waals surface area contributed by atoms with Crippen LogP contribution in [-0.2, 0) is 0 Å². The van der Waals surface area contributed by atoms with Gasteiger partial charge in [0.1, 0.15) is 0 Å². The fourth-order valence-corrected chi connectivity index (χ4v) is 3.21. The second kappa shape index (κ2) is 4.52. The van der Waals surface area contributed by atoms with Crippen molar-refractivity contribution in [2.24, 2.45) is 10.8 Å². The molecule has 1 spiro atoms. The van der Waals surface area contributed by atoms with Crippen LogP contribution in [0.3, 0.4) is 0 Å². The zero-order valence-electron chi connectivity index (χ0n) is 12.2. The Kier molecular flexibility index (Phi) is 3.54. The van der Waals surface area contributed by atoms with Gasteiger partial charge in [0.25, 0.3) is 0 Å². The fraction of sp³-hybridized carbons (Fsp3) is 1.00. The second-order valence-electron chi connectivity index (χ2n) is 7.71. The highest BCUT2D eigenvalue weighted by Gasteiger charge is 2.51. The zero-order chi connectivity index (χ0) is 12.7. The van der Waals surface area contributed by atoms with E-state index < -0.39 is 0 Å². The summed E-state index contributed by atoms with van der Waals surface area (Å²) in [5.74, 6) is 0. The van der Waals surface area contributed by atoms with Crippen molar-refractivity contribution in [3.8, 4) is 0 Å². The maximum atomic E-state index is 3.50. The Morgan fingerprint density at radius 3 is 2.06 bits per heavy atom. The molecule has 0 bridgehead atoms. The van der Waals surface area contributed by atoms with E-state index in [0.29, 0.717) is 16.9 Å². The van der Waals surface area contributed by atoms with Crippen LogP contribution in [0.5, 0.6) is 0 Å². The molecule has 0 aromatic rings. The molecule has 100 valence electrons. The minimum Gasteiger partial charge on any atom is -0.302 e. The first-order valence-electron chi connectivity index (χ1n) is 6.96. The Balaban J connectivity index is 1.62. The summed E-state index contributed by atoms with van der Waals surface area (Å²) < 4.78 is 0. The molecular formula is C14H29N3. The molecule has 3 nitrogen and oxygen atoms in total. The summed E-state index contributed by atoms with van der Waals surface area (Å²) >= 11 is 0. The molecule has 0 saturated carbocycles. The molecule has 3 heteroatoms. The largest absolute Gasteiger partial charge is 0.302 e. The lowest BCUT2D eigenvalue weighted by Crippen LogP contribution is -2.73. The summed E-state index contributed by atoms with van der Waals surface area (Å²) in [6.07, 6.45) is 0. The fourth-order valence-electron chi connectivity index (χ4n) is 3.21. The number of hydrogen-bond acceptors (Lipinski definition) is 3. The molecule has 0 atom stereocenters. The summed E-state index contributed by atoms with van der Waals surface area (Å²) in [7, 11) is 0. The van der Waals surface area contributed by atoms with Crippen molar-refractivity contribution in [2.75, 3.05) is 39.4 Å². The molecule has 0 amide bonds. The van der Waals surface area contributed by atoms with Gasteiger partial charge in [-0.1, -0.05) is 20.8 Å². The van der Waals surface area contributed by atoms with Crippen LogP contribution < -0.4 is 5.32 Å². The highest BCUT2D eigenvalue weighted by molar-refractivity contribution is 5.05. The van der Waals surface area contributed by atoms with Gasteiger partial charge in [0.05, 0.1) is 0 Å². The van der Waals surface area contributed by atoms with Gasteiger partial charge in [0.15, 0.2) is 0 Å². The Labute approximate surface area is 107 Å². The van der Waals surface area contributed by atoms with Gasteiger partial charge in [-0.05, 0) is 19.3 Å². The van der Waals surface area contributed by atoms with E-state index in [1.807, 2.05) is 0 Å². The molecule has 17 heavy (non-hydrogen) atoms. The van der Waals surface area contributed by atoms with Gasteiger partial charge in [-0.25, -0.2) is 0 Å². The van der Waals surface area contributed by atoms with Crippen LogP contribution in [-0.4, -0.2) is 55.2 Å². The maximum Gasteiger partial charge on any atom is 0.0482 e. The molecule has 2 rings (SSSR count). The lowest BCUT2D eigenvalue weighted by molar-refractivity contribution is -0.124. The Morgan fingerprint density at radius 2 is 1.59 bits per heavy atom. The van der Waals surface area contributed by atoms with Crippen LogP contribution >= 0.6 is 0 Å². The molecule has 2 saturated heterocycles. The summed E-state index contributed by atoms with van der Waals surface area (Å²) in [6.45, 7) is 19.0. The van der Waals surface area contributed by atoms with E-state index in [1.54, 1.807) is 0 Å². The van der Waals surface area contributed by atoms with Gasteiger partial charge in [-0.15, -0.1) is 0 Å². The SMILES string of the molecule is CC(C)NCN1CC2(C1)CN(CC(C)(C)C)C2. The number of rotatable bonds is 4. The number of nitrogens with one attached hydrogen (secondary N) is 1. The van der Waals surface area contributed by atoms with Crippen molar-refractivity contribution >= 4 is 0 Å². The van der Waals surface area contributed by atoms with E-state index in [4.69, 9.17) is 0 Å². The third kappa shape index (κ3) is 3.43. The molecule has 2 aliphatic heterocycles.